The quantitative estimate of drug-likeness (QED) is 0.539. The molecule has 14 heavy (non-hydrogen) atoms. The van der Waals surface area contributed by atoms with Gasteiger partial charge in [-0.3, -0.25) is 4.90 Å². The molecule has 0 aromatic rings. The molecule has 1 aliphatic carbocycles. The summed E-state index contributed by atoms with van der Waals surface area (Å²) in [4.78, 5) is 2.14. The van der Waals surface area contributed by atoms with E-state index in [1.807, 2.05) is 7.05 Å². The summed E-state index contributed by atoms with van der Waals surface area (Å²) in [5.41, 5.74) is 0.670. The van der Waals surface area contributed by atoms with E-state index in [9.17, 15) is 5.11 Å². The predicted molar refractivity (Wildman–Crippen MR) is 63.9 cm³/mol. The Bertz CT molecular complexity index is 199. The van der Waals surface area contributed by atoms with Crippen LogP contribution in [0, 0.1) is 0 Å². The molecule has 0 amide bonds. The number of rotatable bonds is 5. The molecule has 0 aliphatic heterocycles. The van der Waals surface area contributed by atoms with Crippen molar-refractivity contribution < 1.29 is 5.11 Å². The van der Waals surface area contributed by atoms with Gasteiger partial charge in [-0.25, -0.2) is 0 Å². The van der Waals surface area contributed by atoms with Gasteiger partial charge in [-0.05, 0) is 19.9 Å². The first kappa shape index (κ1) is 12.1. The molecule has 1 N–H and O–H groups in total. The van der Waals surface area contributed by atoms with Gasteiger partial charge in [-0.2, -0.15) is 12.6 Å². The van der Waals surface area contributed by atoms with E-state index in [1.165, 1.54) is 0 Å². The fourth-order valence-corrected chi connectivity index (χ4v) is 2.28. The fourth-order valence-electron chi connectivity index (χ4n) is 2.18. The second-order valence-corrected chi connectivity index (χ2v) is 4.83. The van der Waals surface area contributed by atoms with Crippen molar-refractivity contribution in [2.24, 2.45) is 0 Å². The molecule has 82 valence electrons. The van der Waals surface area contributed by atoms with Crippen molar-refractivity contribution in [3.05, 3.63) is 12.2 Å². The summed E-state index contributed by atoms with van der Waals surface area (Å²) in [6.07, 6.45) is 4.23. The molecule has 1 saturated carbocycles. The zero-order chi connectivity index (χ0) is 10.6. The number of likely N-dealkylation sites (N-methyl/N-ethyl adjacent to an activating group) is 1. The van der Waals surface area contributed by atoms with Crippen molar-refractivity contribution in [1.82, 2.24) is 4.90 Å². The monoisotopic (exact) mass is 215 g/mol. The van der Waals surface area contributed by atoms with E-state index in [0.717, 1.165) is 50.1 Å². The third kappa shape index (κ3) is 3.64. The van der Waals surface area contributed by atoms with Gasteiger partial charge in [0.2, 0.25) is 0 Å². The lowest BCUT2D eigenvalue weighted by Gasteiger charge is -2.28. The lowest BCUT2D eigenvalue weighted by molar-refractivity contribution is 0.0187. The Morgan fingerprint density at radius 2 is 2.07 bits per heavy atom. The molecule has 0 radical (unpaired) electrons. The Morgan fingerprint density at radius 1 is 1.50 bits per heavy atom. The molecule has 1 aliphatic rings. The lowest BCUT2D eigenvalue weighted by Crippen LogP contribution is -2.39. The Hall–Kier alpha value is 0.01000. The molecule has 0 saturated heterocycles. The van der Waals surface area contributed by atoms with Gasteiger partial charge in [-0.1, -0.05) is 25.0 Å². The molecule has 1 rings (SSSR count). The molecule has 0 bridgehead atoms. The first-order chi connectivity index (χ1) is 6.56. The molecule has 0 spiro atoms. The summed E-state index contributed by atoms with van der Waals surface area (Å²) in [6.45, 7) is 5.51. The topological polar surface area (TPSA) is 23.5 Å². The highest BCUT2D eigenvalue weighted by Gasteiger charge is 2.31. The van der Waals surface area contributed by atoms with Crippen molar-refractivity contribution in [2.45, 2.75) is 31.3 Å². The average Bonchev–Trinajstić information content (AvgIpc) is 2.51. The second kappa shape index (κ2) is 5.19. The highest BCUT2D eigenvalue weighted by molar-refractivity contribution is 7.80. The fraction of sp³-hybridized carbons (Fsp3) is 0.818. The van der Waals surface area contributed by atoms with Crippen LogP contribution in [0.2, 0.25) is 0 Å². The maximum absolute atomic E-state index is 10.2. The van der Waals surface area contributed by atoms with Gasteiger partial charge < -0.3 is 5.11 Å². The van der Waals surface area contributed by atoms with Crippen LogP contribution < -0.4 is 0 Å². The highest BCUT2D eigenvalue weighted by atomic mass is 32.1. The largest absolute Gasteiger partial charge is 0.389 e. The van der Waals surface area contributed by atoms with Crippen LogP contribution in [0.25, 0.3) is 0 Å². The Kier molecular flexibility index (Phi) is 4.48. The standard InChI is InChI=1S/C11H21NOS/c1-10(8-14)7-12(2)9-11(13)5-3-4-6-11/h13-14H,1,3-9H2,2H3. The molecule has 0 aromatic heterocycles. The summed E-state index contributed by atoms with van der Waals surface area (Å²) in [6, 6.07) is 0. The SMILES string of the molecule is C=C(CS)CN(C)CC1(O)CCCC1. The van der Waals surface area contributed by atoms with Crippen molar-refractivity contribution in [3.63, 3.8) is 0 Å². The normalized spacial score (nSPS) is 20.3. The molecule has 0 aromatic carbocycles. The maximum atomic E-state index is 10.2. The Labute approximate surface area is 92.4 Å². The average molecular weight is 215 g/mol. The molecule has 1 fully saturated rings. The van der Waals surface area contributed by atoms with E-state index in [-0.39, 0.29) is 0 Å². The Balaban J connectivity index is 2.32. The minimum atomic E-state index is -0.439. The summed E-state index contributed by atoms with van der Waals surface area (Å²) < 4.78 is 0. The third-order valence-corrected chi connectivity index (χ3v) is 3.26. The molecule has 0 unspecified atom stereocenters. The minimum Gasteiger partial charge on any atom is -0.389 e. The van der Waals surface area contributed by atoms with Gasteiger partial charge >= 0.3 is 0 Å². The second-order valence-electron chi connectivity index (χ2n) is 4.51. The van der Waals surface area contributed by atoms with Crippen LogP contribution in [0.4, 0.5) is 0 Å². The van der Waals surface area contributed by atoms with Crippen molar-refractivity contribution in [1.29, 1.82) is 0 Å². The van der Waals surface area contributed by atoms with Gasteiger partial charge in [0.15, 0.2) is 0 Å². The van der Waals surface area contributed by atoms with Crippen molar-refractivity contribution >= 4 is 12.6 Å². The van der Waals surface area contributed by atoms with Crippen LogP contribution in [0.3, 0.4) is 0 Å². The van der Waals surface area contributed by atoms with E-state index in [2.05, 4.69) is 24.1 Å². The van der Waals surface area contributed by atoms with Gasteiger partial charge in [0.1, 0.15) is 0 Å². The highest BCUT2D eigenvalue weighted by Crippen LogP contribution is 2.29. The van der Waals surface area contributed by atoms with Gasteiger partial charge in [0.05, 0.1) is 5.60 Å². The van der Waals surface area contributed by atoms with Crippen molar-refractivity contribution in [3.8, 4) is 0 Å². The predicted octanol–water partition coefficient (Wildman–Crippen LogP) is 1.71. The summed E-state index contributed by atoms with van der Waals surface area (Å²) in [5.74, 6) is 0.725. The molecule has 2 nitrogen and oxygen atoms in total. The van der Waals surface area contributed by atoms with Crippen LogP contribution >= 0.6 is 12.6 Å². The van der Waals surface area contributed by atoms with Crippen LogP contribution in [0.1, 0.15) is 25.7 Å². The van der Waals surface area contributed by atoms with E-state index in [1.54, 1.807) is 0 Å². The first-order valence-corrected chi connectivity index (χ1v) is 5.87. The number of aliphatic hydroxyl groups is 1. The van der Waals surface area contributed by atoms with Crippen LogP contribution in [-0.4, -0.2) is 41.5 Å². The van der Waals surface area contributed by atoms with E-state index < -0.39 is 5.60 Å². The Morgan fingerprint density at radius 3 is 2.57 bits per heavy atom. The molecular weight excluding hydrogens is 194 g/mol. The number of thiol groups is 1. The maximum Gasteiger partial charge on any atom is 0.0774 e. The van der Waals surface area contributed by atoms with Crippen molar-refractivity contribution in [2.75, 3.05) is 25.9 Å². The smallest absolute Gasteiger partial charge is 0.0774 e. The number of hydrogen-bond acceptors (Lipinski definition) is 3. The van der Waals surface area contributed by atoms with Crippen LogP contribution in [-0.2, 0) is 0 Å². The van der Waals surface area contributed by atoms with Gasteiger partial charge in [0, 0.05) is 18.8 Å². The third-order valence-electron chi connectivity index (χ3n) is 2.82. The van der Waals surface area contributed by atoms with Crippen LogP contribution in [0.5, 0.6) is 0 Å². The molecular formula is C11H21NOS. The van der Waals surface area contributed by atoms with Crippen LogP contribution in [0.15, 0.2) is 12.2 Å². The van der Waals surface area contributed by atoms with E-state index >= 15 is 0 Å². The zero-order valence-electron chi connectivity index (χ0n) is 9.00. The minimum absolute atomic E-state index is 0.439. The summed E-state index contributed by atoms with van der Waals surface area (Å²) >= 11 is 4.17. The van der Waals surface area contributed by atoms with Gasteiger partial charge in [-0.15, -0.1) is 0 Å². The molecule has 3 heteroatoms. The van der Waals surface area contributed by atoms with Gasteiger partial charge in [0.25, 0.3) is 0 Å². The zero-order valence-corrected chi connectivity index (χ0v) is 9.89. The number of nitrogens with zero attached hydrogens (tertiary/aromatic N) is 1. The summed E-state index contributed by atoms with van der Waals surface area (Å²) in [7, 11) is 2.03. The molecule has 0 heterocycles. The summed E-state index contributed by atoms with van der Waals surface area (Å²) in [5, 5.41) is 10.2. The van der Waals surface area contributed by atoms with E-state index in [4.69, 9.17) is 0 Å². The number of hydrogen-bond donors (Lipinski definition) is 2. The first-order valence-electron chi connectivity index (χ1n) is 5.24. The molecule has 0 atom stereocenters. The van der Waals surface area contributed by atoms with E-state index in [0.29, 0.717) is 0 Å². The lowest BCUT2D eigenvalue weighted by atomic mass is 10.0.